The van der Waals surface area contributed by atoms with Gasteiger partial charge in [-0.3, -0.25) is 0 Å². The highest BCUT2D eigenvalue weighted by molar-refractivity contribution is 6.04. The number of benzene rings is 4. The molecule has 1 aromatic heterocycles. The summed E-state index contributed by atoms with van der Waals surface area (Å²) in [6.07, 6.45) is 0. The lowest BCUT2D eigenvalue weighted by atomic mass is 10.1. The van der Waals surface area contributed by atoms with Gasteiger partial charge in [-0.2, -0.15) is 0 Å². The molecule has 0 spiro atoms. The summed E-state index contributed by atoms with van der Waals surface area (Å²) in [4.78, 5) is 12.2. The minimum Gasteiger partial charge on any atom is -0.489 e. The fraction of sp³-hybridized carbons (Fsp3) is 0.0417. The molecule has 0 atom stereocenters. The Morgan fingerprint density at radius 2 is 1.44 bits per heavy atom. The average Bonchev–Trinajstić information content (AvgIpc) is 2.72. The van der Waals surface area contributed by atoms with Crippen molar-refractivity contribution in [3.63, 3.8) is 0 Å². The van der Waals surface area contributed by atoms with E-state index in [-0.39, 0.29) is 5.63 Å². The molecule has 3 nitrogen and oxygen atoms in total. The maximum atomic E-state index is 12.2. The Morgan fingerprint density at radius 1 is 0.704 bits per heavy atom. The van der Waals surface area contributed by atoms with Crippen LogP contribution >= 0.6 is 0 Å². The van der Waals surface area contributed by atoms with Crippen LogP contribution in [0.5, 0.6) is 5.75 Å². The normalized spacial score (nSPS) is 11.3. The Hall–Kier alpha value is -3.59. The Balaban J connectivity index is 1.52. The Labute approximate surface area is 155 Å². The van der Waals surface area contributed by atoms with E-state index in [2.05, 4.69) is 24.3 Å². The molecule has 0 saturated heterocycles. The lowest BCUT2D eigenvalue weighted by molar-refractivity contribution is 0.307. The van der Waals surface area contributed by atoms with Gasteiger partial charge in [0.15, 0.2) is 0 Å². The Bertz CT molecular complexity index is 1340. The van der Waals surface area contributed by atoms with Crippen molar-refractivity contribution in [2.45, 2.75) is 6.61 Å². The molecular weight excluding hydrogens is 336 g/mol. The molecule has 0 aliphatic rings. The number of fused-ring (bicyclic) bond motifs is 4. The Morgan fingerprint density at radius 3 is 2.33 bits per heavy atom. The van der Waals surface area contributed by atoms with Crippen molar-refractivity contribution in [1.82, 2.24) is 0 Å². The van der Waals surface area contributed by atoms with Crippen LogP contribution in [0.15, 0.2) is 94.1 Å². The molecule has 5 rings (SSSR count). The standard InChI is InChI=1S/C24H16O3/c25-24-22-11-4-3-10-20(22)21-13-12-18(14-23(21)27-24)26-15-17-8-5-7-16-6-1-2-9-19(16)17/h1-14H,15H2. The van der Waals surface area contributed by atoms with Crippen molar-refractivity contribution < 1.29 is 9.15 Å². The van der Waals surface area contributed by atoms with Crippen LogP contribution in [0.3, 0.4) is 0 Å². The van der Waals surface area contributed by atoms with Crippen LogP contribution in [0.2, 0.25) is 0 Å². The summed E-state index contributed by atoms with van der Waals surface area (Å²) in [6.45, 7) is 0.449. The second-order valence-electron chi connectivity index (χ2n) is 6.52. The zero-order valence-electron chi connectivity index (χ0n) is 14.5. The van der Waals surface area contributed by atoms with E-state index in [1.165, 1.54) is 10.8 Å². The fourth-order valence-electron chi connectivity index (χ4n) is 3.53. The number of rotatable bonds is 3. The van der Waals surface area contributed by atoms with E-state index in [1.807, 2.05) is 48.5 Å². The minimum absolute atomic E-state index is 0.329. The third-order valence-electron chi connectivity index (χ3n) is 4.87. The van der Waals surface area contributed by atoms with E-state index < -0.39 is 0 Å². The topological polar surface area (TPSA) is 39.4 Å². The molecule has 0 fully saturated rings. The second-order valence-corrected chi connectivity index (χ2v) is 6.52. The highest BCUT2D eigenvalue weighted by Gasteiger charge is 2.08. The van der Waals surface area contributed by atoms with E-state index in [0.29, 0.717) is 23.3 Å². The summed E-state index contributed by atoms with van der Waals surface area (Å²) in [5.74, 6) is 0.675. The zero-order chi connectivity index (χ0) is 18.2. The molecule has 0 unspecified atom stereocenters. The molecule has 1 heterocycles. The van der Waals surface area contributed by atoms with Crippen molar-refractivity contribution in [3.05, 3.63) is 101 Å². The van der Waals surface area contributed by atoms with Gasteiger partial charge in [0.05, 0.1) is 5.39 Å². The van der Waals surface area contributed by atoms with Crippen LogP contribution in [0.1, 0.15) is 5.56 Å². The molecule has 0 aliphatic carbocycles. The summed E-state index contributed by atoms with van der Waals surface area (Å²) < 4.78 is 11.5. The van der Waals surface area contributed by atoms with Gasteiger partial charge in [0.2, 0.25) is 0 Å². The van der Waals surface area contributed by atoms with Crippen LogP contribution in [-0.4, -0.2) is 0 Å². The summed E-state index contributed by atoms with van der Waals surface area (Å²) >= 11 is 0. The summed E-state index contributed by atoms with van der Waals surface area (Å²) in [5.41, 5.74) is 1.33. The van der Waals surface area contributed by atoms with Crippen LogP contribution in [-0.2, 0) is 6.61 Å². The molecule has 0 aliphatic heterocycles. The molecule has 5 aromatic rings. The van der Waals surface area contributed by atoms with Crippen molar-refractivity contribution in [3.8, 4) is 5.75 Å². The van der Waals surface area contributed by atoms with Crippen molar-refractivity contribution in [2.75, 3.05) is 0 Å². The van der Waals surface area contributed by atoms with Gasteiger partial charge < -0.3 is 9.15 Å². The van der Waals surface area contributed by atoms with Gasteiger partial charge in [-0.1, -0.05) is 60.7 Å². The molecule has 4 aromatic carbocycles. The lowest BCUT2D eigenvalue weighted by Gasteiger charge is -2.10. The average molecular weight is 352 g/mol. The van der Waals surface area contributed by atoms with E-state index in [4.69, 9.17) is 9.15 Å². The first-order valence-electron chi connectivity index (χ1n) is 8.85. The van der Waals surface area contributed by atoms with E-state index in [0.717, 1.165) is 16.3 Å². The summed E-state index contributed by atoms with van der Waals surface area (Å²) in [6, 6.07) is 27.6. The highest BCUT2D eigenvalue weighted by Crippen LogP contribution is 2.27. The molecule has 3 heteroatoms. The molecule has 27 heavy (non-hydrogen) atoms. The van der Waals surface area contributed by atoms with Crippen LogP contribution in [0, 0.1) is 0 Å². The summed E-state index contributed by atoms with van der Waals surface area (Å²) in [7, 11) is 0. The maximum absolute atomic E-state index is 12.2. The van der Waals surface area contributed by atoms with Gasteiger partial charge in [0, 0.05) is 11.5 Å². The van der Waals surface area contributed by atoms with Crippen LogP contribution < -0.4 is 10.4 Å². The largest absolute Gasteiger partial charge is 0.489 e. The fourth-order valence-corrected chi connectivity index (χ4v) is 3.53. The van der Waals surface area contributed by atoms with Crippen molar-refractivity contribution in [1.29, 1.82) is 0 Å². The number of hydrogen-bond acceptors (Lipinski definition) is 3. The highest BCUT2D eigenvalue weighted by atomic mass is 16.5. The molecule has 0 bridgehead atoms. The zero-order valence-corrected chi connectivity index (χ0v) is 14.5. The first-order valence-corrected chi connectivity index (χ1v) is 8.85. The smallest absolute Gasteiger partial charge is 0.344 e. The second kappa shape index (κ2) is 6.29. The quantitative estimate of drug-likeness (QED) is 0.310. The third-order valence-corrected chi connectivity index (χ3v) is 4.87. The predicted molar refractivity (Wildman–Crippen MR) is 108 cm³/mol. The van der Waals surface area contributed by atoms with E-state index >= 15 is 0 Å². The molecule has 130 valence electrons. The minimum atomic E-state index is -0.329. The van der Waals surface area contributed by atoms with E-state index in [9.17, 15) is 4.79 Å². The summed E-state index contributed by atoms with van der Waals surface area (Å²) in [5, 5.41) is 4.76. The van der Waals surface area contributed by atoms with Gasteiger partial charge in [-0.25, -0.2) is 4.79 Å². The predicted octanol–water partition coefficient (Wildman–Crippen LogP) is 5.68. The van der Waals surface area contributed by atoms with Crippen LogP contribution in [0.25, 0.3) is 32.5 Å². The van der Waals surface area contributed by atoms with Crippen LogP contribution in [0.4, 0.5) is 0 Å². The van der Waals surface area contributed by atoms with Gasteiger partial charge in [-0.05, 0) is 39.9 Å². The van der Waals surface area contributed by atoms with Gasteiger partial charge in [-0.15, -0.1) is 0 Å². The monoisotopic (exact) mass is 352 g/mol. The third kappa shape index (κ3) is 2.74. The van der Waals surface area contributed by atoms with Crippen molar-refractivity contribution in [2.24, 2.45) is 0 Å². The molecular formula is C24H16O3. The molecule has 0 N–H and O–H groups in total. The lowest BCUT2D eigenvalue weighted by Crippen LogP contribution is -2.00. The number of ether oxygens (including phenoxy) is 1. The number of hydrogen-bond donors (Lipinski definition) is 0. The van der Waals surface area contributed by atoms with E-state index in [1.54, 1.807) is 12.1 Å². The van der Waals surface area contributed by atoms with Gasteiger partial charge >= 0.3 is 5.63 Å². The first-order chi connectivity index (χ1) is 13.3. The van der Waals surface area contributed by atoms with Crippen molar-refractivity contribution >= 4 is 32.5 Å². The van der Waals surface area contributed by atoms with Gasteiger partial charge in [0.1, 0.15) is 17.9 Å². The molecule has 0 radical (unpaired) electrons. The molecule has 0 amide bonds. The first kappa shape index (κ1) is 15.6. The van der Waals surface area contributed by atoms with Gasteiger partial charge in [0.25, 0.3) is 0 Å². The SMILES string of the molecule is O=c1oc2cc(OCc3cccc4ccccc34)ccc2c2ccccc12. The Kier molecular flexibility index (Phi) is 3.65. The molecule has 0 saturated carbocycles. The maximum Gasteiger partial charge on any atom is 0.344 e.